The first-order valence-electron chi connectivity index (χ1n) is 6.00. The molecule has 2 heterocycles. The summed E-state index contributed by atoms with van der Waals surface area (Å²) in [4.78, 5) is 0.710. The van der Waals surface area contributed by atoms with Crippen molar-refractivity contribution in [3.63, 3.8) is 0 Å². The van der Waals surface area contributed by atoms with Crippen molar-refractivity contribution in [1.82, 2.24) is 19.8 Å². The van der Waals surface area contributed by atoms with E-state index in [4.69, 9.17) is 5.73 Å². The quantitative estimate of drug-likeness (QED) is 0.624. The predicted octanol–water partition coefficient (Wildman–Crippen LogP) is 1.15. The van der Waals surface area contributed by atoms with Gasteiger partial charge in [-0.2, -0.15) is 9.61 Å². The number of nitrogens with two attached hydrogens (primary N) is 1. The largest absolute Gasteiger partial charge is 0.504 e. The summed E-state index contributed by atoms with van der Waals surface area (Å²) in [6, 6.07) is 4.37. The van der Waals surface area contributed by atoms with Gasteiger partial charge in [0.2, 0.25) is 4.96 Å². The highest BCUT2D eigenvalue weighted by Crippen LogP contribution is 2.28. The summed E-state index contributed by atoms with van der Waals surface area (Å²) in [5, 5.41) is 31.8. The van der Waals surface area contributed by atoms with Gasteiger partial charge in [-0.25, -0.2) is 0 Å². The van der Waals surface area contributed by atoms with Crippen molar-refractivity contribution in [2.45, 2.75) is 19.4 Å². The molecule has 1 aromatic carbocycles. The van der Waals surface area contributed by atoms with Crippen LogP contribution in [-0.4, -0.2) is 30.0 Å². The number of benzene rings is 1. The van der Waals surface area contributed by atoms with E-state index in [9.17, 15) is 10.2 Å². The van der Waals surface area contributed by atoms with Crippen LogP contribution in [0.1, 0.15) is 22.4 Å². The van der Waals surface area contributed by atoms with Gasteiger partial charge in [0.05, 0.1) is 6.04 Å². The smallest absolute Gasteiger partial charge is 0.234 e. The van der Waals surface area contributed by atoms with Crippen molar-refractivity contribution >= 4 is 16.3 Å². The van der Waals surface area contributed by atoms with Crippen LogP contribution in [0.2, 0.25) is 0 Å². The monoisotopic (exact) mass is 291 g/mol. The van der Waals surface area contributed by atoms with Gasteiger partial charge in [0.25, 0.3) is 0 Å². The topological polar surface area (TPSA) is 110 Å². The van der Waals surface area contributed by atoms with Crippen molar-refractivity contribution in [1.29, 1.82) is 0 Å². The third-order valence-electron chi connectivity index (χ3n) is 2.98. The molecule has 7 nitrogen and oxygen atoms in total. The van der Waals surface area contributed by atoms with E-state index in [1.165, 1.54) is 23.5 Å². The van der Waals surface area contributed by atoms with Crippen LogP contribution in [0.3, 0.4) is 0 Å². The summed E-state index contributed by atoms with van der Waals surface area (Å²) in [5.41, 5.74) is 6.96. The van der Waals surface area contributed by atoms with Crippen LogP contribution in [-0.2, 0) is 6.42 Å². The van der Waals surface area contributed by atoms with Gasteiger partial charge >= 0.3 is 0 Å². The Hall–Kier alpha value is -2.19. The van der Waals surface area contributed by atoms with E-state index in [1.54, 1.807) is 10.6 Å². The first-order valence-corrected chi connectivity index (χ1v) is 6.81. The maximum atomic E-state index is 9.48. The van der Waals surface area contributed by atoms with Crippen LogP contribution in [0.5, 0.6) is 11.5 Å². The molecule has 0 amide bonds. The number of aromatic hydroxyl groups is 2. The van der Waals surface area contributed by atoms with Gasteiger partial charge < -0.3 is 15.9 Å². The van der Waals surface area contributed by atoms with Gasteiger partial charge in [-0.1, -0.05) is 17.4 Å². The molecule has 8 heteroatoms. The zero-order valence-corrected chi connectivity index (χ0v) is 11.5. The highest BCUT2D eigenvalue weighted by molar-refractivity contribution is 7.16. The first kappa shape index (κ1) is 12.8. The Morgan fingerprint density at radius 3 is 2.80 bits per heavy atom. The summed E-state index contributed by atoms with van der Waals surface area (Å²) < 4.78 is 1.66. The van der Waals surface area contributed by atoms with Gasteiger partial charge in [-0.3, -0.25) is 0 Å². The number of phenolic OH excluding ortho intramolecular Hbond substituents is 2. The van der Waals surface area contributed by atoms with Crippen molar-refractivity contribution in [2.75, 3.05) is 0 Å². The van der Waals surface area contributed by atoms with Gasteiger partial charge in [0.1, 0.15) is 5.01 Å². The second kappa shape index (κ2) is 4.73. The summed E-state index contributed by atoms with van der Waals surface area (Å²) in [6.07, 6.45) is 0.511. The van der Waals surface area contributed by atoms with Crippen LogP contribution in [0.4, 0.5) is 0 Å². The van der Waals surface area contributed by atoms with Crippen molar-refractivity contribution in [3.05, 3.63) is 34.6 Å². The Labute approximate surface area is 118 Å². The zero-order chi connectivity index (χ0) is 14.3. The molecule has 1 unspecified atom stereocenters. The van der Waals surface area contributed by atoms with Crippen molar-refractivity contribution in [3.8, 4) is 11.5 Å². The fourth-order valence-corrected chi connectivity index (χ4v) is 2.80. The van der Waals surface area contributed by atoms with Crippen LogP contribution < -0.4 is 5.73 Å². The minimum atomic E-state index is -0.301. The fourth-order valence-electron chi connectivity index (χ4n) is 1.92. The zero-order valence-electron chi connectivity index (χ0n) is 10.7. The molecular formula is C12H13N5O2S. The number of fused-ring (bicyclic) bond motifs is 1. The van der Waals surface area contributed by atoms with Gasteiger partial charge in [0, 0.05) is 0 Å². The molecule has 0 bridgehead atoms. The highest BCUT2D eigenvalue weighted by atomic mass is 32.1. The minimum absolute atomic E-state index is 0.142. The molecule has 104 valence electrons. The molecule has 3 rings (SSSR count). The lowest BCUT2D eigenvalue weighted by molar-refractivity contribution is 0.403. The second-order valence-electron chi connectivity index (χ2n) is 4.52. The lowest BCUT2D eigenvalue weighted by Gasteiger charge is -2.08. The number of hydrogen-bond donors (Lipinski definition) is 3. The summed E-state index contributed by atoms with van der Waals surface area (Å²) in [7, 11) is 0. The predicted molar refractivity (Wildman–Crippen MR) is 73.8 cm³/mol. The average molecular weight is 291 g/mol. The van der Waals surface area contributed by atoms with E-state index in [1.807, 2.05) is 6.92 Å². The number of hydrogen-bond acceptors (Lipinski definition) is 7. The van der Waals surface area contributed by atoms with E-state index in [0.29, 0.717) is 11.4 Å². The minimum Gasteiger partial charge on any atom is -0.504 e. The van der Waals surface area contributed by atoms with E-state index in [-0.39, 0.29) is 17.5 Å². The molecule has 1 atom stereocenters. The molecule has 0 fully saturated rings. The number of nitrogens with zero attached hydrogens (tertiary/aromatic N) is 4. The van der Waals surface area contributed by atoms with Crippen LogP contribution in [0.25, 0.3) is 4.96 Å². The summed E-state index contributed by atoms with van der Waals surface area (Å²) in [5.74, 6) is 0.428. The Morgan fingerprint density at radius 1 is 1.30 bits per heavy atom. The van der Waals surface area contributed by atoms with Crippen molar-refractivity contribution < 1.29 is 10.2 Å². The number of aromatic nitrogens is 4. The highest BCUT2D eigenvalue weighted by Gasteiger charge is 2.16. The number of rotatable bonds is 3. The maximum Gasteiger partial charge on any atom is 0.234 e. The van der Waals surface area contributed by atoms with Crippen LogP contribution in [0, 0.1) is 6.92 Å². The van der Waals surface area contributed by atoms with Crippen molar-refractivity contribution in [2.24, 2.45) is 5.73 Å². The summed E-state index contributed by atoms with van der Waals surface area (Å²) >= 11 is 1.39. The Bertz CT molecular complexity index is 766. The van der Waals surface area contributed by atoms with E-state index >= 15 is 0 Å². The third-order valence-corrected chi connectivity index (χ3v) is 4.01. The van der Waals surface area contributed by atoms with Gasteiger partial charge in [-0.05, 0) is 31.0 Å². The number of aryl methyl sites for hydroxylation is 1. The average Bonchev–Trinajstić information content (AvgIpc) is 2.97. The maximum absolute atomic E-state index is 9.48. The SMILES string of the molecule is Cc1nnc2sc(C(N)Cc3ccc(O)c(O)c3)nn12. The van der Waals surface area contributed by atoms with Crippen LogP contribution in [0.15, 0.2) is 18.2 Å². The standard InChI is InChI=1S/C12H13N5O2S/c1-6-14-15-12-17(6)16-11(20-12)8(13)4-7-2-3-9(18)10(19)5-7/h2-3,5,8,18-19H,4,13H2,1H3. The molecular weight excluding hydrogens is 278 g/mol. The van der Waals surface area contributed by atoms with E-state index in [2.05, 4.69) is 15.3 Å². The molecule has 4 N–H and O–H groups in total. The molecule has 0 aliphatic carbocycles. The normalized spacial score (nSPS) is 12.9. The molecule has 0 aliphatic rings. The molecule has 0 radical (unpaired) electrons. The summed E-state index contributed by atoms with van der Waals surface area (Å²) in [6.45, 7) is 1.83. The Morgan fingerprint density at radius 2 is 2.10 bits per heavy atom. The van der Waals surface area contributed by atoms with E-state index in [0.717, 1.165) is 16.4 Å². The molecule has 0 aliphatic heterocycles. The number of phenols is 2. The molecule has 2 aromatic heterocycles. The molecule has 3 aromatic rings. The molecule has 20 heavy (non-hydrogen) atoms. The first-order chi connectivity index (χ1) is 9.54. The Kier molecular flexibility index (Phi) is 3.03. The van der Waals surface area contributed by atoms with Gasteiger partial charge in [-0.15, -0.1) is 10.2 Å². The Balaban J connectivity index is 1.84. The second-order valence-corrected chi connectivity index (χ2v) is 5.50. The van der Waals surface area contributed by atoms with Gasteiger partial charge in [0.15, 0.2) is 17.3 Å². The lowest BCUT2D eigenvalue weighted by atomic mass is 10.1. The fraction of sp³-hybridized carbons (Fsp3) is 0.250. The molecule has 0 spiro atoms. The molecule has 0 saturated carbocycles. The van der Waals surface area contributed by atoms with Crippen LogP contribution >= 0.6 is 11.3 Å². The molecule has 0 saturated heterocycles. The van der Waals surface area contributed by atoms with E-state index < -0.39 is 0 Å². The lowest BCUT2D eigenvalue weighted by Crippen LogP contribution is -2.13. The third kappa shape index (κ3) is 2.19.